The Bertz CT molecular complexity index is 1090. The maximum absolute atomic E-state index is 12.7. The van der Waals surface area contributed by atoms with Gasteiger partial charge in [0.1, 0.15) is 17.2 Å². The van der Waals surface area contributed by atoms with Gasteiger partial charge in [0, 0.05) is 42.2 Å². The lowest BCUT2D eigenvalue weighted by molar-refractivity contribution is 0.0958. The van der Waals surface area contributed by atoms with E-state index in [2.05, 4.69) is 38.5 Å². The van der Waals surface area contributed by atoms with Gasteiger partial charge in [-0.15, -0.1) is 0 Å². The van der Waals surface area contributed by atoms with Crippen LogP contribution in [0.25, 0.3) is 0 Å². The van der Waals surface area contributed by atoms with Crippen molar-refractivity contribution in [3.05, 3.63) is 76.5 Å². The Hall–Kier alpha value is -3.39. The number of hydrogen-bond acceptors (Lipinski definition) is 4. The van der Waals surface area contributed by atoms with Crippen LogP contribution in [0.5, 0.6) is 11.5 Å². The number of ether oxygens (including phenoxy) is 1. The van der Waals surface area contributed by atoms with Crippen LogP contribution < -0.4 is 20.3 Å². The first-order valence-electron chi connectivity index (χ1n) is 9.70. The third-order valence-corrected chi connectivity index (χ3v) is 5.11. The van der Waals surface area contributed by atoms with Gasteiger partial charge in [-0.2, -0.15) is 0 Å². The zero-order chi connectivity index (χ0) is 22.4. The Balaban J connectivity index is 1.67. The lowest BCUT2D eigenvalue weighted by Gasteiger charge is -2.21. The van der Waals surface area contributed by atoms with E-state index in [-0.39, 0.29) is 17.6 Å². The van der Waals surface area contributed by atoms with Gasteiger partial charge < -0.3 is 15.4 Å². The summed E-state index contributed by atoms with van der Waals surface area (Å²) in [5, 5.41) is 5.41. The van der Waals surface area contributed by atoms with E-state index >= 15 is 0 Å². The molecule has 7 nitrogen and oxygen atoms in total. The van der Waals surface area contributed by atoms with Crippen molar-refractivity contribution in [2.75, 3.05) is 24.3 Å². The van der Waals surface area contributed by atoms with Gasteiger partial charge in [0.15, 0.2) is 0 Å². The quantitative estimate of drug-likeness (QED) is 0.503. The number of amides is 3. The molecular weight excluding hydrogens is 460 g/mol. The summed E-state index contributed by atoms with van der Waals surface area (Å²) in [5.74, 6) is 0.777. The zero-order valence-corrected chi connectivity index (χ0v) is 19.1. The van der Waals surface area contributed by atoms with Crippen LogP contribution in [0, 0.1) is 0 Å². The minimum Gasteiger partial charge on any atom is -0.457 e. The van der Waals surface area contributed by atoms with Crippen LogP contribution in [0.1, 0.15) is 23.0 Å². The monoisotopic (exact) mass is 482 g/mol. The second kappa shape index (κ2) is 10.1. The van der Waals surface area contributed by atoms with Gasteiger partial charge in [0.2, 0.25) is 0 Å². The highest BCUT2D eigenvalue weighted by Gasteiger charge is 2.14. The number of halogens is 1. The van der Waals surface area contributed by atoms with E-state index in [1.54, 1.807) is 55.4 Å². The second-order valence-electron chi connectivity index (χ2n) is 6.70. The largest absolute Gasteiger partial charge is 0.457 e. The molecule has 8 heteroatoms. The highest BCUT2D eigenvalue weighted by molar-refractivity contribution is 9.10. The highest BCUT2D eigenvalue weighted by Crippen LogP contribution is 2.26. The standard InChI is InChI=1S/C23H23BrN4O3/c1-4-15-13-16(24)5-10-21(15)28(3)23(30)27-17-6-8-18(9-7-17)31-19-11-12-26-20(14-19)22(29)25-2/h5-14H,4H2,1-3H3,(H,25,29)(H,27,30). The van der Waals surface area contributed by atoms with Crippen LogP contribution in [0.3, 0.4) is 0 Å². The van der Waals surface area contributed by atoms with Gasteiger partial charge in [0.05, 0.1) is 0 Å². The number of anilines is 2. The third kappa shape index (κ3) is 5.61. The van der Waals surface area contributed by atoms with Gasteiger partial charge in [-0.25, -0.2) is 4.79 Å². The summed E-state index contributed by atoms with van der Waals surface area (Å²) in [6.45, 7) is 2.05. The number of nitrogens with zero attached hydrogens (tertiary/aromatic N) is 2. The Kier molecular flexibility index (Phi) is 7.25. The van der Waals surface area contributed by atoms with Crippen molar-refractivity contribution in [1.29, 1.82) is 0 Å². The highest BCUT2D eigenvalue weighted by atomic mass is 79.9. The van der Waals surface area contributed by atoms with E-state index < -0.39 is 0 Å². The Labute approximate surface area is 189 Å². The maximum atomic E-state index is 12.7. The van der Waals surface area contributed by atoms with E-state index in [0.29, 0.717) is 17.2 Å². The third-order valence-electron chi connectivity index (χ3n) is 4.62. The molecule has 1 heterocycles. The predicted molar refractivity (Wildman–Crippen MR) is 125 cm³/mol. The first-order chi connectivity index (χ1) is 14.9. The molecule has 31 heavy (non-hydrogen) atoms. The smallest absolute Gasteiger partial charge is 0.326 e. The average molecular weight is 483 g/mol. The molecule has 2 aromatic carbocycles. The Morgan fingerprint density at radius 1 is 1.06 bits per heavy atom. The molecule has 0 atom stereocenters. The molecule has 3 amide bonds. The molecule has 0 fully saturated rings. The molecule has 3 rings (SSSR count). The average Bonchev–Trinajstić information content (AvgIpc) is 2.79. The molecule has 0 saturated carbocycles. The fraction of sp³-hybridized carbons (Fsp3) is 0.174. The van der Waals surface area contributed by atoms with Crippen molar-refractivity contribution in [2.24, 2.45) is 0 Å². The number of aromatic nitrogens is 1. The van der Waals surface area contributed by atoms with Gasteiger partial charge in [0.25, 0.3) is 5.91 Å². The van der Waals surface area contributed by atoms with Gasteiger partial charge in [-0.1, -0.05) is 22.9 Å². The fourth-order valence-electron chi connectivity index (χ4n) is 2.95. The number of carbonyl (C=O) groups excluding carboxylic acids is 2. The van der Waals surface area contributed by atoms with Crippen molar-refractivity contribution in [3.63, 3.8) is 0 Å². The number of urea groups is 1. The van der Waals surface area contributed by atoms with E-state index in [4.69, 9.17) is 4.74 Å². The first kappa shape index (κ1) is 22.3. The molecule has 3 aromatic rings. The summed E-state index contributed by atoms with van der Waals surface area (Å²) >= 11 is 3.47. The zero-order valence-electron chi connectivity index (χ0n) is 17.5. The van der Waals surface area contributed by atoms with Crippen LogP contribution in [-0.2, 0) is 6.42 Å². The molecule has 160 valence electrons. The lowest BCUT2D eigenvalue weighted by atomic mass is 10.1. The van der Waals surface area contributed by atoms with Crippen LogP contribution in [0.2, 0.25) is 0 Å². The van der Waals surface area contributed by atoms with Crippen molar-refractivity contribution < 1.29 is 14.3 Å². The number of nitrogens with one attached hydrogen (secondary N) is 2. The predicted octanol–water partition coefficient (Wildman–Crippen LogP) is 5.23. The summed E-state index contributed by atoms with van der Waals surface area (Å²) in [6.07, 6.45) is 2.33. The van der Waals surface area contributed by atoms with E-state index in [9.17, 15) is 9.59 Å². The van der Waals surface area contributed by atoms with Crippen molar-refractivity contribution >= 4 is 39.2 Å². The number of rotatable bonds is 6. The summed E-state index contributed by atoms with van der Waals surface area (Å²) in [6, 6.07) is 15.8. The molecule has 0 aliphatic heterocycles. The molecule has 0 saturated heterocycles. The molecule has 0 radical (unpaired) electrons. The minimum absolute atomic E-state index is 0.241. The lowest BCUT2D eigenvalue weighted by Crippen LogP contribution is -2.31. The molecule has 0 aliphatic carbocycles. The normalized spacial score (nSPS) is 10.3. The number of carbonyl (C=O) groups is 2. The SMILES string of the molecule is CCc1cc(Br)ccc1N(C)C(=O)Nc1ccc(Oc2ccnc(C(=O)NC)c2)cc1. The number of aryl methyl sites for hydroxylation is 1. The fourth-order valence-corrected chi connectivity index (χ4v) is 3.36. The summed E-state index contributed by atoms with van der Waals surface area (Å²) in [5.41, 5.74) is 2.84. The van der Waals surface area contributed by atoms with Crippen molar-refractivity contribution in [2.45, 2.75) is 13.3 Å². The van der Waals surface area contributed by atoms with Crippen LogP contribution >= 0.6 is 15.9 Å². The van der Waals surface area contributed by atoms with Crippen molar-refractivity contribution in [1.82, 2.24) is 10.3 Å². The molecule has 0 spiro atoms. The summed E-state index contributed by atoms with van der Waals surface area (Å²) < 4.78 is 6.77. The second-order valence-corrected chi connectivity index (χ2v) is 7.61. The number of pyridine rings is 1. The number of benzene rings is 2. The van der Waals surface area contributed by atoms with Crippen LogP contribution in [0.15, 0.2) is 65.3 Å². The molecule has 1 aromatic heterocycles. The van der Waals surface area contributed by atoms with Gasteiger partial charge >= 0.3 is 6.03 Å². The molecule has 2 N–H and O–H groups in total. The Morgan fingerprint density at radius 2 is 1.81 bits per heavy atom. The first-order valence-corrected chi connectivity index (χ1v) is 10.5. The summed E-state index contributed by atoms with van der Waals surface area (Å²) in [7, 11) is 3.28. The topological polar surface area (TPSA) is 83.6 Å². The van der Waals surface area contributed by atoms with Crippen LogP contribution in [0.4, 0.5) is 16.2 Å². The van der Waals surface area contributed by atoms with E-state index in [1.165, 1.54) is 6.20 Å². The van der Waals surface area contributed by atoms with Gasteiger partial charge in [-0.3, -0.25) is 14.7 Å². The van der Waals surface area contributed by atoms with E-state index in [0.717, 1.165) is 22.1 Å². The molecule has 0 unspecified atom stereocenters. The molecular formula is C23H23BrN4O3. The van der Waals surface area contributed by atoms with Crippen LogP contribution in [-0.4, -0.2) is 31.0 Å². The summed E-state index contributed by atoms with van der Waals surface area (Å²) in [4.78, 5) is 30.0. The van der Waals surface area contributed by atoms with Gasteiger partial charge in [-0.05, 0) is 60.5 Å². The van der Waals surface area contributed by atoms with E-state index in [1.807, 2.05) is 18.2 Å². The Morgan fingerprint density at radius 3 is 2.48 bits per heavy atom. The molecule has 0 aliphatic rings. The maximum Gasteiger partial charge on any atom is 0.326 e. The number of hydrogen-bond donors (Lipinski definition) is 2. The van der Waals surface area contributed by atoms with Crippen molar-refractivity contribution in [3.8, 4) is 11.5 Å². The molecule has 0 bridgehead atoms. The minimum atomic E-state index is -0.287.